The van der Waals surface area contributed by atoms with Gasteiger partial charge in [0, 0.05) is 5.69 Å². The van der Waals surface area contributed by atoms with Crippen molar-refractivity contribution in [3.8, 4) is 17.2 Å². The fourth-order valence-electron chi connectivity index (χ4n) is 1.65. The number of para-hydroxylation sites is 2. The summed E-state index contributed by atoms with van der Waals surface area (Å²) in [6.07, 6.45) is 0.914. The molecule has 0 aliphatic heterocycles. The SMILES string of the molecule is CCCOc1ccccc1Oc1c(Cl)cc(N)cc1Cl. The van der Waals surface area contributed by atoms with Crippen LogP contribution in [0.3, 0.4) is 0 Å². The van der Waals surface area contributed by atoms with E-state index in [0.717, 1.165) is 6.42 Å². The molecule has 0 atom stereocenters. The van der Waals surface area contributed by atoms with E-state index in [4.69, 9.17) is 38.4 Å². The molecule has 106 valence electrons. The Labute approximate surface area is 128 Å². The molecule has 0 unspecified atom stereocenters. The number of anilines is 1. The second-order valence-corrected chi connectivity index (χ2v) is 5.03. The lowest BCUT2D eigenvalue weighted by Gasteiger charge is -2.14. The van der Waals surface area contributed by atoms with E-state index in [9.17, 15) is 0 Å². The average Bonchev–Trinajstić information content (AvgIpc) is 2.41. The van der Waals surface area contributed by atoms with Crippen molar-refractivity contribution in [2.24, 2.45) is 0 Å². The lowest BCUT2D eigenvalue weighted by atomic mass is 10.3. The van der Waals surface area contributed by atoms with E-state index in [-0.39, 0.29) is 0 Å². The summed E-state index contributed by atoms with van der Waals surface area (Å²) < 4.78 is 11.4. The summed E-state index contributed by atoms with van der Waals surface area (Å²) in [5, 5.41) is 0.723. The van der Waals surface area contributed by atoms with Crippen LogP contribution in [0, 0.1) is 0 Å². The normalized spacial score (nSPS) is 10.3. The van der Waals surface area contributed by atoms with Crippen molar-refractivity contribution in [2.75, 3.05) is 12.3 Å². The van der Waals surface area contributed by atoms with Crippen molar-refractivity contribution in [3.63, 3.8) is 0 Å². The molecule has 20 heavy (non-hydrogen) atoms. The van der Waals surface area contributed by atoms with E-state index < -0.39 is 0 Å². The molecule has 2 aromatic carbocycles. The summed E-state index contributed by atoms with van der Waals surface area (Å²) >= 11 is 12.2. The first kappa shape index (κ1) is 14.8. The van der Waals surface area contributed by atoms with Gasteiger partial charge in [0.25, 0.3) is 0 Å². The summed E-state index contributed by atoms with van der Waals surface area (Å²) in [7, 11) is 0. The molecule has 0 radical (unpaired) electrons. The molecule has 2 aromatic rings. The fourth-order valence-corrected chi connectivity index (χ4v) is 2.23. The molecule has 0 amide bonds. The number of ether oxygens (including phenoxy) is 2. The van der Waals surface area contributed by atoms with E-state index in [0.29, 0.717) is 39.6 Å². The first-order valence-corrected chi connectivity index (χ1v) is 7.01. The molecule has 5 heteroatoms. The monoisotopic (exact) mass is 311 g/mol. The Morgan fingerprint density at radius 3 is 2.25 bits per heavy atom. The number of nitrogens with two attached hydrogens (primary N) is 1. The van der Waals surface area contributed by atoms with Gasteiger partial charge in [0.05, 0.1) is 16.7 Å². The number of hydrogen-bond acceptors (Lipinski definition) is 3. The molecule has 0 bridgehead atoms. The summed E-state index contributed by atoms with van der Waals surface area (Å²) in [5.74, 6) is 1.59. The minimum absolute atomic E-state index is 0.361. The van der Waals surface area contributed by atoms with E-state index >= 15 is 0 Å². The van der Waals surface area contributed by atoms with Crippen molar-refractivity contribution in [2.45, 2.75) is 13.3 Å². The van der Waals surface area contributed by atoms with Crippen LogP contribution in [0.15, 0.2) is 36.4 Å². The molecular formula is C15H15Cl2NO2. The third-order valence-corrected chi connectivity index (χ3v) is 3.10. The van der Waals surface area contributed by atoms with Gasteiger partial charge in [-0.15, -0.1) is 0 Å². The van der Waals surface area contributed by atoms with Crippen LogP contribution >= 0.6 is 23.2 Å². The maximum absolute atomic E-state index is 6.11. The van der Waals surface area contributed by atoms with E-state index in [2.05, 4.69) is 0 Å². The highest BCUT2D eigenvalue weighted by molar-refractivity contribution is 6.37. The van der Waals surface area contributed by atoms with Crippen molar-refractivity contribution < 1.29 is 9.47 Å². The van der Waals surface area contributed by atoms with Crippen molar-refractivity contribution in [1.29, 1.82) is 0 Å². The second kappa shape index (κ2) is 6.73. The highest BCUT2D eigenvalue weighted by Gasteiger charge is 2.12. The molecule has 3 nitrogen and oxygen atoms in total. The van der Waals surface area contributed by atoms with Crippen LogP contribution in [0.4, 0.5) is 5.69 Å². The summed E-state index contributed by atoms with van der Waals surface area (Å²) in [5.41, 5.74) is 6.16. The van der Waals surface area contributed by atoms with Gasteiger partial charge in [0.15, 0.2) is 17.2 Å². The summed E-state index contributed by atoms with van der Waals surface area (Å²) in [6, 6.07) is 10.6. The number of hydrogen-bond donors (Lipinski definition) is 1. The Balaban J connectivity index is 2.30. The molecule has 0 aromatic heterocycles. The highest BCUT2D eigenvalue weighted by atomic mass is 35.5. The number of nitrogen functional groups attached to an aromatic ring is 1. The molecule has 2 N–H and O–H groups in total. The van der Waals surface area contributed by atoms with Gasteiger partial charge < -0.3 is 15.2 Å². The Morgan fingerprint density at radius 2 is 1.65 bits per heavy atom. The van der Waals surface area contributed by atoms with Crippen LogP contribution in [-0.2, 0) is 0 Å². The predicted octanol–water partition coefficient (Wildman–Crippen LogP) is 5.16. The third-order valence-electron chi connectivity index (χ3n) is 2.54. The smallest absolute Gasteiger partial charge is 0.169 e. The molecule has 0 aliphatic carbocycles. The quantitative estimate of drug-likeness (QED) is 0.776. The van der Waals surface area contributed by atoms with Gasteiger partial charge in [0.2, 0.25) is 0 Å². The Kier molecular flexibility index (Phi) is 4.99. The highest BCUT2D eigenvalue weighted by Crippen LogP contribution is 2.40. The van der Waals surface area contributed by atoms with Crippen molar-refractivity contribution in [1.82, 2.24) is 0 Å². The van der Waals surface area contributed by atoms with E-state index in [1.165, 1.54) is 0 Å². The van der Waals surface area contributed by atoms with Crippen LogP contribution in [0.25, 0.3) is 0 Å². The van der Waals surface area contributed by atoms with Gasteiger partial charge in [-0.3, -0.25) is 0 Å². The summed E-state index contributed by atoms with van der Waals surface area (Å²) in [6.45, 7) is 2.65. The zero-order chi connectivity index (χ0) is 14.5. The Bertz CT molecular complexity index is 579. The lowest BCUT2D eigenvalue weighted by molar-refractivity contribution is 0.302. The molecule has 0 aliphatic rings. The van der Waals surface area contributed by atoms with Gasteiger partial charge in [-0.05, 0) is 30.7 Å². The third kappa shape index (κ3) is 3.50. The molecule has 2 rings (SSSR count). The van der Waals surface area contributed by atoms with Crippen LogP contribution in [0.5, 0.6) is 17.2 Å². The molecule has 0 fully saturated rings. The van der Waals surface area contributed by atoms with Gasteiger partial charge in [-0.25, -0.2) is 0 Å². The molecule has 0 spiro atoms. The molecular weight excluding hydrogens is 297 g/mol. The van der Waals surface area contributed by atoms with E-state index in [1.54, 1.807) is 18.2 Å². The second-order valence-electron chi connectivity index (χ2n) is 4.21. The molecule has 0 heterocycles. The zero-order valence-electron chi connectivity index (χ0n) is 11.0. The Hall–Kier alpha value is -1.58. The minimum atomic E-state index is 0.361. The largest absolute Gasteiger partial charge is 0.490 e. The number of rotatable bonds is 5. The number of halogens is 2. The standard InChI is InChI=1S/C15H15Cl2NO2/c1-2-7-19-13-5-3-4-6-14(13)20-15-11(16)8-10(18)9-12(15)17/h3-6,8-9H,2,7,18H2,1H3. The van der Waals surface area contributed by atoms with Gasteiger partial charge >= 0.3 is 0 Å². The van der Waals surface area contributed by atoms with Crippen LogP contribution < -0.4 is 15.2 Å². The van der Waals surface area contributed by atoms with Gasteiger partial charge in [-0.1, -0.05) is 42.3 Å². The molecule has 0 saturated heterocycles. The first-order valence-electron chi connectivity index (χ1n) is 6.26. The van der Waals surface area contributed by atoms with E-state index in [1.807, 2.05) is 25.1 Å². The maximum Gasteiger partial charge on any atom is 0.169 e. The topological polar surface area (TPSA) is 44.5 Å². The van der Waals surface area contributed by atoms with Gasteiger partial charge in [-0.2, -0.15) is 0 Å². The zero-order valence-corrected chi connectivity index (χ0v) is 12.5. The van der Waals surface area contributed by atoms with Crippen molar-refractivity contribution in [3.05, 3.63) is 46.4 Å². The van der Waals surface area contributed by atoms with Crippen LogP contribution in [0.2, 0.25) is 10.0 Å². The van der Waals surface area contributed by atoms with Crippen LogP contribution in [-0.4, -0.2) is 6.61 Å². The van der Waals surface area contributed by atoms with Gasteiger partial charge in [0.1, 0.15) is 0 Å². The maximum atomic E-state index is 6.11. The van der Waals surface area contributed by atoms with Crippen molar-refractivity contribution >= 4 is 28.9 Å². The summed E-state index contributed by atoms with van der Waals surface area (Å²) in [4.78, 5) is 0. The average molecular weight is 312 g/mol. The lowest BCUT2D eigenvalue weighted by Crippen LogP contribution is -1.98. The minimum Gasteiger partial charge on any atom is -0.490 e. The fraction of sp³-hybridized carbons (Fsp3) is 0.200. The first-order chi connectivity index (χ1) is 9.61. The predicted molar refractivity (Wildman–Crippen MR) is 83.2 cm³/mol. The van der Waals surface area contributed by atoms with Crippen LogP contribution in [0.1, 0.15) is 13.3 Å². The molecule has 0 saturated carbocycles. The number of benzene rings is 2. The Morgan fingerprint density at radius 1 is 1.05 bits per heavy atom.